The van der Waals surface area contributed by atoms with Gasteiger partial charge in [0.25, 0.3) is 0 Å². The van der Waals surface area contributed by atoms with Crippen molar-refractivity contribution in [3.63, 3.8) is 0 Å². The van der Waals surface area contributed by atoms with Crippen LogP contribution in [0.25, 0.3) is 0 Å². The fourth-order valence-electron chi connectivity index (χ4n) is 2.24. The standard InChI is InChI=1S/C14H14ClFN2O/c15-12-4-1-10(16)5-9(12)6-14(19)13-7-17-8-18(13)11-2-3-11/h1,4-5,7-8,11,14,19H,2-3,6H2. The summed E-state index contributed by atoms with van der Waals surface area (Å²) < 4.78 is 15.2. The van der Waals surface area contributed by atoms with E-state index >= 15 is 0 Å². The summed E-state index contributed by atoms with van der Waals surface area (Å²) in [6.45, 7) is 0. The molecule has 1 aromatic heterocycles. The lowest BCUT2D eigenvalue weighted by atomic mass is 10.1. The first kappa shape index (κ1) is 12.6. The molecular weight excluding hydrogens is 267 g/mol. The third-order valence-electron chi connectivity index (χ3n) is 3.40. The number of halogens is 2. The Bertz CT molecular complexity index is 595. The number of hydrogen-bond donors (Lipinski definition) is 1. The minimum absolute atomic E-state index is 0.287. The van der Waals surface area contributed by atoms with E-state index in [1.165, 1.54) is 18.2 Å². The molecule has 2 aromatic rings. The molecule has 1 heterocycles. The minimum Gasteiger partial charge on any atom is -0.386 e. The summed E-state index contributed by atoms with van der Waals surface area (Å²) in [7, 11) is 0. The SMILES string of the molecule is OC(Cc1cc(F)ccc1Cl)c1cncn1C1CC1. The Morgan fingerprint density at radius 2 is 2.26 bits per heavy atom. The van der Waals surface area contributed by atoms with E-state index in [0.29, 0.717) is 16.6 Å². The summed E-state index contributed by atoms with van der Waals surface area (Å²) in [4.78, 5) is 4.08. The zero-order valence-electron chi connectivity index (χ0n) is 10.3. The fourth-order valence-corrected chi connectivity index (χ4v) is 2.44. The Morgan fingerprint density at radius 1 is 1.47 bits per heavy atom. The van der Waals surface area contributed by atoms with Gasteiger partial charge in [0.05, 0.1) is 24.3 Å². The van der Waals surface area contributed by atoms with E-state index in [4.69, 9.17) is 11.6 Å². The molecular formula is C14H14ClFN2O. The van der Waals surface area contributed by atoms with Crippen LogP contribution >= 0.6 is 11.6 Å². The maximum absolute atomic E-state index is 13.2. The number of rotatable bonds is 4. The van der Waals surface area contributed by atoms with Crippen molar-refractivity contribution in [2.24, 2.45) is 0 Å². The molecule has 1 N–H and O–H groups in total. The lowest BCUT2D eigenvalue weighted by molar-refractivity contribution is 0.168. The predicted molar refractivity (Wildman–Crippen MR) is 70.6 cm³/mol. The topological polar surface area (TPSA) is 38.1 Å². The Hall–Kier alpha value is -1.39. The van der Waals surface area contributed by atoms with Crippen molar-refractivity contribution in [2.75, 3.05) is 0 Å². The molecule has 0 bridgehead atoms. The van der Waals surface area contributed by atoms with Crippen LogP contribution in [0.15, 0.2) is 30.7 Å². The lowest BCUT2D eigenvalue weighted by Crippen LogP contribution is -2.08. The van der Waals surface area contributed by atoms with Gasteiger partial charge in [-0.15, -0.1) is 0 Å². The molecule has 1 aromatic carbocycles. The van der Waals surface area contributed by atoms with Crippen LogP contribution in [0.5, 0.6) is 0 Å². The molecule has 19 heavy (non-hydrogen) atoms. The zero-order valence-corrected chi connectivity index (χ0v) is 11.0. The first-order valence-corrected chi connectivity index (χ1v) is 6.66. The van der Waals surface area contributed by atoms with Gasteiger partial charge >= 0.3 is 0 Å². The van der Waals surface area contributed by atoms with E-state index < -0.39 is 6.10 Å². The van der Waals surface area contributed by atoms with E-state index in [1.807, 2.05) is 4.57 Å². The summed E-state index contributed by atoms with van der Waals surface area (Å²) in [5.41, 5.74) is 1.38. The zero-order chi connectivity index (χ0) is 13.4. The molecule has 0 spiro atoms. The maximum atomic E-state index is 13.2. The molecule has 0 radical (unpaired) electrons. The number of aliphatic hydroxyl groups is 1. The highest BCUT2D eigenvalue weighted by Crippen LogP contribution is 2.37. The van der Waals surface area contributed by atoms with E-state index in [1.54, 1.807) is 12.5 Å². The summed E-state index contributed by atoms with van der Waals surface area (Å²) in [5, 5.41) is 10.8. The van der Waals surface area contributed by atoms with Gasteiger partial charge < -0.3 is 9.67 Å². The second-order valence-electron chi connectivity index (χ2n) is 4.91. The molecule has 100 valence electrons. The quantitative estimate of drug-likeness (QED) is 0.933. The van der Waals surface area contributed by atoms with Crippen molar-refractivity contribution in [3.05, 3.63) is 52.8 Å². The van der Waals surface area contributed by atoms with Gasteiger partial charge in [0.2, 0.25) is 0 Å². The van der Waals surface area contributed by atoms with E-state index in [-0.39, 0.29) is 12.2 Å². The van der Waals surface area contributed by atoms with Gasteiger partial charge in [-0.05, 0) is 36.6 Å². The van der Waals surface area contributed by atoms with Crippen LogP contribution in [-0.2, 0) is 6.42 Å². The van der Waals surface area contributed by atoms with Gasteiger partial charge in [0, 0.05) is 17.5 Å². The van der Waals surface area contributed by atoms with Crippen molar-refractivity contribution in [3.8, 4) is 0 Å². The Morgan fingerprint density at radius 3 is 3.00 bits per heavy atom. The number of nitrogens with zero attached hydrogens (tertiary/aromatic N) is 2. The average Bonchev–Trinajstić information content (AvgIpc) is 3.11. The summed E-state index contributed by atoms with van der Waals surface area (Å²) in [5.74, 6) is -0.345. The molecule has 1 atom stereocenters. The molecule has 1 fully saturated rings. The first-order chi connectivity index (χ1) is 9.15. The molecule has 0 saturated heterocycles. The van der Waals surface area contributed by atoms with Crippen LogP contribution in [0.4, 0.5) is 4.39 Å². The number of hydrogen-bond acceptors (Lipinski definition) is 2. The second kappa shape index (κ2) is 4.94. The van der Waals surface area contributed by atoms with Crippen LogP contribution in [0.2, 0.25) is 5.02 Å². The normalized spacial score (nSPS) is 16.6. The van der Waals surface area contributed by atoms with Crippen molar-refractivity contribution in [1.29, 1.82) is 0 Å². The first-order valence-electron chi connectivity index (χ1n) is 6.29. The van der Waals surface area contributed by atoms with Crippen LogP contribution in [-0.4, -0.2) is 14.7 Å². The van der Waals surface area contributed by atoms with Crippen molar-refractivity contribution < 1.29 is 9.50 Å². The smallest absolute Gasteiger partial charge is 0.123 e. The van der Waals surface area contributed by atoms with Crippen molar-refractivity contribution in [1.82, 2.24) is 9.55 Å². The highest BCUT2D eigenvalue weighted by Gasteiger charge is 2.27. The third-order valence-corrected chi connectivity index (χ3v) is 3.77. The Kier molecular flexibility index (Phi) is 3.29. The highest BCUT2D eigenvalue weighted by molar-refractivity contribution is 6.31. The van der Waals surface area contributed by atoms with Gasteiger partial charge in [0.15, 0.2) is 0 Å². The van der Waals surface area contributed by atoms with E-state index in [0.717, 1.165) is 18.5 Å². The molecule has 1 unspecified atom stereocenters. The van der Waals surface area contributed by atoms with Gasteiger partial charge in [-0.3, -0.25) is 0 Å². The number of aromatic nitrogens is 2. The van der Waals surface area contributed by atoms with Crippen molar-refractivity contribution in [2.45, 2.75) is 31.4 Å². The summed E-state index contributed by atoms with van der Waals surface area (Å²) >= 11 is 6.02. The van der Waals surface area contributed by atoms with Crippen LogP contribution < -0.4 is 0 Å². The molecule has 0 amide bonds. The summed E-state index contributed by atoms with van der Waals surface area (Å²) in [6.07, 6.45) is 5.21. The van der Waals surface area contributed by atoms with Crippen LogP contribution in [0.1, 0.15) is 36.2 Å². The van der Waals surface area contributed by atoms with Crippen LogP contribution in [0, 0.1) is 5.82 Å². The maximum Gasteiger partial charge on any atom is 0.123 e. The molecule has 3 rings (SSSR count). The monoisotopic (exact) mass is 280 g/mol. The molecule has 0 aliphatic heterocycles. The molecule has 1 aliphatic carbocycles. The summed E-state index contributed by atoms with van der Waals surface area (Å²) in [6, 6.07) is 4.64. The molecule has 3 nitrogen and oxygen atoms in total. The van der Waals surface area contributed by atoms with Gasteiger partial charge in [-0.25, -0.2) is 9.37 Å². The predicted octanol–water partition coefficient (Wildman–Crippen LogP) is 3.29. The Labute approximate surface area is 115 Å². The second-order valence-corrected chi connectivity index (χ2v) is 5.32. The number of benzene rings is 1. The fraction of sp³-hybridized carbons (Fsp3) is 0.357. The number of imidazole rings is 1. The lowest BCUT2D eigenvalue weighted by Gasteiger charge is -2.14. The minimum atomic E-state index is -0.720. The van der Waals surface area contributed by atoms with Crippen molar-refractivity contribution >= 4 is 11.6 Å². The third kappa shape index (κ3) is 2.65. The van der Waals surface area contributed by atoms with E-state index in [9.17, 15) is 9.50 Å². The molecule has 1 saturated carbocycles. The van der Waals surface area contributed by atoms with Crippen LogP contribution in [0.3, 0.4) is 0 Å². The Balaban J connectivity index is 1.82. The average molecular weight is 281 g/mol. The van der Waals surface area contributed by atoms with E-state index in [2.05, 4.69) is 4.98 Å². The molecule has 1 aliphatic rings. The van der Waals surface area contributed by atoms with Gasteiger partial charge in [-0.1, -0.05) is 11.6 Å². The van der Waals surface area contributed by atoms with Gasteiger partial charge in [-0.2, -0.15) is 0 Å². The van der Waals surface area contributed by atoms with Gasteiger partial charge in [0.1, 0.15) is 5.82 Å². The molecule has 5 heteroatoms. The number of aliphatic hydroxyl groups excluding tert-OH is 1. The largest absolute Gasteiger partial charge is 0.386 e. The highest BCUT2D eigenvalue weighted by atomic mass is 35.5.